The molecule has 1 heterocycles. The van der Waals surface area contributed by atoms with E-state index in [1.807, 2.05) is 32.0 Å². The minimum absolute atomic E-state index is 0.0459. The molecule has 0 saturated heterocycles. The van der Waals surface area contributed by atoms with Gasteiger partial charge in [-0.1, -0.05) is 37.5 Å². The molecule has 3 N–H and O–H groups in total. The van der Waals surface area contributed by atoms with E-state index in [1.54, 1.807) is 17.0 Å². The highest BCUT2D eigenvalue weighted by atomic mass is 32.1. The molecule has 1 aromatic carbocycles. The number of nitrogens with zero attached hydrogens (tertiary/aromatic N) is 1. The van der Waals surface area contributed by atoms with E-state index in [2.05, 4.69) is 5.32 Å². The fourth-order valence-electron chi connectivity index (χ4n) is 3.84. The molecule has 1 saturated carbocycles. The molecule has 1 fully saturated rings. The van der Waals surface area contributed by atoms with Gasteiger partial charge in [0.25, 0.3) is 11.8 Å². The molecular formula is C22H27N3O3S. The second-order valence-corrected chi connectivity index (χ2v) is 8.72. The molecule has 0 spiro atoms. The topological polar surface area (TPSA) is 92.5 Å². The van der Waals surface area contributed by atoms with E-state index < -0.39 is 5.91 Å². The molecular weight excluding hydrogens is 386 g/mol. The Hall–Kier alpha value is -2.67. The van der Waals surface area contributed by atoms with E-state index in [0.29, 0.717) is 16.1 Å². The molecule has 2 aromatic rings. The number of anilines is 1. The first-order valence-corrected chi connectivity index (χ1v) is 10.8. The van der Waals surface area contributed by atoms with E-state index in [-0.39, 0.29) is 24.4 Å². The number of nitrogens with one attached hydrogen (secondary N) is 1. The van der Waals surface area contributed by atoms with Gasteiger partial charge in [-0.25, -0.2) is 0 Å². The maximum Gasteiger partial charge on any atom is 0.254 e. The van der Waals surface area contributed by atoms with Gasteiger partial charge in [0.15, 0.2) is 0 Å². The minimum atomic E-state index is -0.563. The number of rotatable bonds is 6. The van der Waals surface area contributed by atoms with Gasteiger partial charge in [-0.3, -0.25) is 14.4 Å². The lowest BCUT2D eigenvalue weighted by Gasteiger charge is -2.34. The number of benzene rings is 1. The monoisotopic (exact) mass is 413 g/mol. The summed E-state index contributed by atoms with van der Waals surface area (Å²) < 4.78 is 0. The summed E-state index contributed by atoms with van der Waals surface area (Å²) in [7, 11) is 0. The number of amides is 3. The van der Waals surface area contributed by atoms with Crippen LogP contribution in [-0.2, 0) is 4.79 Å². The lowest BCUT2D eigenvalue weighted by molar-refractivity contribution is -0.117. The molecule has 1 aliphatic carbocycles. The molecule has 6 nitrogen and oxygen atoms in total. The van der Waals surface area contributed by atoms with Crippen LogP contribution in [0.15, 0.2) is 30.3 Å². The smallest absolute Gasteiger partial charge is 0.254 e. The molecule has 154 valence electrons. The van der Waals surface area contributed by atoms with E-state index in [1.165, 1.54) is 11.3 Å². The third-order valence-electron chi connectivity index (χ3n) is 5.50. The first-order chi connectivity index (χ1) is 13.9. The van der Waals surface area contributed by atoms with E-state index >= 15 is 0 Å². The fraction of sp³-hybridized carbons (Fsp3) is 0.409. The minimum Gasteiger partial charge on any atom is -0.365 e. The van der Waals surface area contributed by atoms with Crippen molar-refractivity contribution in [1.29, 1.82) is 0 Å². The second kappa shape index (κ2) is 9.22. The standard InChI is InChI=1S/C22H27N3O3S/c1-14-15(2)29-21(19(14)20(23)27)24-18(26)13-25(17-11-7-4-8-12-17)22(28)16-9-5-3-6-10-16/h3,5-6,9-10,17H,4,7-8,11-13H2,1-2H3,(H2,23,27)(H,24,26). The van der Waals surface area contributed by atoms with Crippen LogP contribution < -0.4 is 11.1 Å². The van der Waals surface area contributed by atoms with Crippen molar-refractivity contribution in [2.45, 2.75) is 52.0 Å². The lowest BCUT2D eigenvalue weighted by Crippen LogP contribution is -2.45. The summed E-state index contributed by atoms with van der Waals surface area (Å²) in [5.74, 6) is -1.02. The van der Waals surface area contributed by atoms with Gasteiger partial charge in [0, 0.05) is 16.5 Å². The summed E-state index contributed by atoms with van der Waals surface area (Å²) in [5, 5.41) is 3.27. The number of aryl methyl sites for hydroxylation is 1. The van der Waals surface area contributed by atoms with Crippen LogP contribution in [-0.4, -0.2) is 35.2 Å². The molecule has 7 heteroatoms. The molecule has 0 bridgehead atoms. The molecule has 0 unspecified atom stereocenters. The van der Waals surface area contributed by atoms with Gasteiger partial charge in [0.05, 0.1) is 5.56 Å². The van der Waals surface area contributed by atoms with Gasteiger partial charge in [-0.15, -0.1) is 11.3 Å². The first kappa shape index (κ1) is 21.0. The quantitative estimate of drug-likeness (QED) is 0.753. The second-order valence-electron chi connectivity index (χ2n) is 7.49. The highest BCUT2D eigenvalue weighted by Gasteiger charge is 2.29. The molecule has 0 atom stereocenters. The maximum atomic E-state index is 13.1. The van der Waals surface area contributed by atoms with Crippen molar-refractivity contribution in [1.82, 2.24) is 4.90 Å². The van der Waals surface area contributed by atoms with Crippen LogP contribution in [0.1, 0.15) is 63.3 Å². The van der Waals surface area contributed by atoms with Gasteiger partial charge in [-0.05, 0) is 44.4 Å². The third-order valence-corrected chi connectivity index (χ3v) is 6.62. The normalized spacial score (nSPS) is 14.4. The number of hydrogen-bond donors (Lipinski definition) is 2. The molecule has 29 heavy (non-hydrogen) atoms. The average molecular weight is 414 g/mol. The van der Waals surface area contributed by atoms with Crippen LogP contribution >= 0.6 is 11.3 Å². The van der Waals surface area contributed by atoms with Crippen LogP contribution in [0.25, 0.3) is 0 Å². The van der Waals surface area contributed by atoms with Gasteiger partial charge in [0.1, 0.15) is 11.5 Å². The SMILES string of the molecule is Cc1sc(NC(=O)CN(C(=O)c2ccccc2)C2CCCCC2)c(C(N)=O)c1C. The highest BCUT2D eigenvalue weighted by molar-refractivity contribution is 7.16. The Labute approximate surface area is 175 Å². The lowest BCUT2D eigenvalue weighted by atomic mass is 9.93. The number of primary amides is 1. The zero-order chi connectivity index (χ0) is 21.0. The summed E-state index contributed by atoms with van der Waals surface area (Å²) in [4.78, 5) is 40.4. The van der Waals surface area contributed by atoms with Crippen LogP contribution in [0.5, 0.6) is 0 Å². The number of hydrogen-bond acceptors (Lipinski definition) is 4. The first-order valence-electron chi connectivity index (χ1n) is 9.94. The molecule has 3 rings (SSSR count). The van der Waals surface area contributed by atoms with Crippen LogP contribution in [0, 0.1) is 13.8 Å². The van der Waals surface area contributed by atoms with Gasteiger partial charge in [-0.2, -0.15) is 0 Å². The Kier molecular flexibility index (Phi) is 6.69. The number of thiophene rings is 1. The molecule has 1 aliphatic rings. The number of carbonyl (C=O) groups is 3. The summed E-state index contributed by atoms with van der Waals surface area (Å²) >= 11 is 1.33. The van der Waals surface area contributed by atoms with Crippen molar-refractivity contribution in [2.75, 3.05) is 11.9 Å². The Balaban J connectivity index is 1.80. The Morgan fingerprint density at radius 2 is 1.76 bits per heavy atom. The molecule has 3 amide bonds. The zero-order valence-electron chi connectivity index (χ0n) is 16.9. The number of nitrogens with two attached hydrogens (primary N) is 1. The van der Waals surface area contributed by atoms with Crippen molar-refractivity contribution < 1.29 is 14.4 Å². The van der Waals surface area contributed by atoms with Crippen LogP contribution in [0.3, 0.4) is 0 Å². The van der Waals surface area contributed by atoms with E-state index in [4.69, 9.17) is 5.73 Å². The van der Waals surface area contributed by atoms with Crippen molar-refractivity contribution in [3.8, 4) is 0 Å². The van der Waals surface area contributed by atoms with Gasteiger partial charge >= 0.3 is 0 Å². The van der Waals surface area contributed by atoms with E-state index in [9.17, 15) is 14.4 Å². The largest absolute Gasteiger partial charge is 0.365 e. The number of carbonyl (C=O) groups excluding carboxylic acids is 3. The van der Waals surface area contributed by atoms with Crippen molar-refractivity contribution in [3.63, 3.8) is 0 Å². The predicted molar refractivity (Wildman–Crippen MR) is 115 cm³/mol. The Morgan fingerprint density at radius 1 is 1.10 bits per heavy atom. The maximum absolute atomic E-state index is 13.1. The zero-order valence-corrected chi connectivity index (χ0v) is 17.7. The molecule has 1 aromatic heterocycles. The summed E-state index contributed by atoms with van der Waals surface area (Å²) in [6, 6.07) is 9.09. The van der Waals surface area contributed by atoms with Gasteiger partial charge < -0.3 is 16.0 Å². The predicted octanol–water partition coefficient (Wildman–Crippen LogP) is 3.88. The molecule has 0 radical (unpaired) electrons. The average Bonchev–Trinajstić information content (AvgIpc) is 3.00. The molecule has 0 aliphatic heterocycles. The summed E-state index contributed by atoms with van der Waals surface area (Å²) in [6.07, 6.45) is 5.07. The fourth-order valence-corrected chi connectivity index (χ4v) is 4.92. The Bertz CT molecular complexity index is 902. The summed E-state index contributed by atoms with van der Waals surface area (Å²) in [6.45, 7) is 3.65. The van der Waals surface area contributed by atoms with Gasteiger partial charge in [0.2, 0.25) is 5.91 Å². The summed E-state index contributed by atoms with van der Waals surface area (Å²) in [5.41, 5.74) is 7.20. The van der Waals surface area contributed by atoms with Crippen LogP contribution in [0.2, 0.25) is 0 Å². The van der Waals surface area contributed by atoms with Crippen molar-refractivity contribution in [3.05, 3.63) is 51.9 Å². The highest BCUT2D eigenvalue weighted by Crippen LogP contribution is 2.32. The van der Waals surface area contributed by atoms with E-state index in [0.717, 1.165) is 42.5 Å². The van der Waals surface area contributed by atoms with Crippen LogP contribution in [0.4, 0.5) is 5.00 Å². The Morgan fingerprint density at radius 3 is 2.38 bits per heavy atom. The van der Waals surface area contributed by atoms with Crippen molar-refractivity contribution in [2.24, 2.45) is 5.73 Å². The third kappa shape index (κ3) is 4.85. The van der Waals surface area contributed by atoms with Crippen molar-refractivity contribution >= 4 is 34.1 Å².